The number of carbonyl (C=O) groups excluding carboxylic acids is 1. The molecule has 18 heavy (non-hydrogen) atoms. The minimum atomic E-state index is -0.295. The molecule has 0 saturated heterocycles. The summed E-state index contributed by atoms with van der Waals surface area (Å²) < 4.78 is 0. The summed E-state index contributed by atoms with van der Waals surface area (Å²) in [6, 6.07) is 7.64. The van der Waals surface area contributed by atoms with Gasteiger partial charge >= 0.3 is 0 Å². The fourth-order valence-corrected chi connectivity index (χ4v) is 2.21. The number of benzene rings is 1. The molecule has 0 unspecified atom stereocenters. The Labute approximate surface area is 108 Å². The first-order valence-electron chi connectivity index (χ1n) is 6.53. The minimum Gasteiger partial charge on any atom is -0.399 e. The highest BCUT2D eigenvalue weighted by molar-refractivity contribution is 5.91. The lowest BCUT2D eigenvalue weighted by atomic mass is 9.94. The molecule has 1 aliphatic carbocycles. The largest absolute Gasteiger partial charge is 0.399 e. The Hall–Kier alpha value is -1.55. The minimum absolute atomic E-state index is 0.143. The van der Waals surface area contributed by atoms with E-state index in [0.717, 1.165) is 36.9 Å². The summed E-state index contributed by atoms with van der Waals surface area (Å²) in [5, 5.41) is 3.01. The van der Waals surface area contributed by atoms with Crippen molar-refractivity contribution in [3.05, 3.63) is 29.8 Å². The van der Waals surface area contributed by atoms with E-state index in [9.17, 15) is 4.79 Å². The summed E-state index contributed by atoms with van der Waals surface area (Å²) in [4.78, 5) is 12.2. The molecule has 0 atom stereocenters. The average molecular weight is 247 g/mol. The van der Waals surface area contributed by atoms with Crippen LogP contribution in [0, 0.1) is 0 Å². The number of amides is 1. The highest BCUT2D eigenvalue weighted by Crippen LogP contribution is 2.48. The highest BCUT2D eigenvalue weighted by Gasteiger charge is 2.50. The zero-order valence-electron chi connectivity index (χ0n) is 10.6. The van der Waals surface area contributed by atoms with Crippen LogP contribution < -0.4 is 16.8 Å². The third-order valence-corrected chi connectivity index (χ3v) is 3.56. The van der Waals surface area contributed by atoms with Crippen molar-refractivity contribution in [2.75, 3.05) is 18.8 Å². The van der Waals surface area contributed by atoms with Crippen molar-refractivity contribution >= 4 is 11.6 Å². The monoisotopic (exact) mass is 247 g/mol. The predicted molar refractivity (Wildman–Crippen MR) is 73.1 cm³/mol. The molecule has 4 nitrogen and oxygen atoms in total. The van der Waals surface area contributed by atoms with Gasteiger partial charge < -0.3 is 16.8 Å². The first-order valence-corrected chi connectivity index (χ1v) is 6.53. The normalized spacial score (nSPS) is 16.3. The van der Waals surface area contributed by atoms with E-state index in [0.29, 0.717) is 13.1 Å². The lowest BCUT2D eigenvalue weighted by Crippen LogP contribution is -2.35. The van der Waals surface area contributed by atoms with Gasteiger partial charge in [-0.15, -0.1) is 0 Å². The molecule has 0 spiro atoms. The summed E-state index contributed by atoms with van der Waals surface area (Å²) in [5.41, 5.74) is 12.6. The highest BCUT2D eigenvalue weighted by atomic mass is 16.2. The molecule has 5 N–H and O–H groups in total. The molecular formula is C14H21N3O. The molecule has 1 aromatic carbocycles. The van der Waals surface area contributed by atoms with Crippen LogP contribution in [0.2, 0.25) is 0 Å². The van der Waals surface area contributed by atoms with Gasteiger partial charge in [-0.3, -0.25) is 4.79 Å². The second kappa shape index (κ2) is 5.40. The maximum absolute atomic E-state index is 12.2. The van der Waals surface area contributed by atoms with Crippen LogP contribution in [0.4, 0.5) is 5.69 Å². The van der Waals surface area contributed by atoms with E-state index in [1.807, 2.05) is 24.3 Å². The summed E-state index contributed by atoms with van der Waals surface area (Å²) in [5.74, 6) is 0.143. The van der Waals surface area contributed by atoms with Crippen LogP contribution in [0.25, 0.3) is 0 Å². The molecule has 0 heterocycles. The van der Waals surface area contributed by atoms with Gasteiger partial charge in [0.05, 0.1) is 5.41 Å². The quantitative estimate of drug-likeness (QED) is 0.521. The number of hydrogen-bond donors (Lipinski definition) is 3. The molecule has 2 rings (SSSR count). The van der Waals surface area contributed by atoms with E-state index in [2.05, 4.69) is 5.32 Å². The molecule has 1 saturated carbocycles. The molecule has 4 heteroatoms. The Bertz CT molecular complexity index is 410. The second-order valence-electron chi connectivity index (χ2n) is 4.96. The Morgan fingerprint density at radius 2 is 1.89 bits per heavy atom. The maximum atomic E-state index is 12.2. The number of rotatable bonds is 6. The van der Waals surface area contributed by atoms with E-state index in [4.69, 9.17) is 11.5 Å². The topological polar surface area (TPSA) is 81.1 Å². The van der Waals surface area contributed by atoms with Crippen LogP contribution in [0.1, 0.15) is 31.2 Å². The molecule has 1 amide bonds. The molecule has 0 aliphatic heterocycles. The van der Waals surface area contributed by atoms with Gasteiger partial charge in [0.25, 0.3) is 0 Å². The molecular weight excluding hydrogens is 226 g/mol. The standard InChI is InChI=1S/C14H21N3O/c15-9-1-2-10-17-13(18)14(7-8-14)11-3-5-12(16)6-4-11/h3-6H,1-2,7-10,15-16H2,(H,17,18). The van der Waals surface area contributed by atoms with Gasteiger partial charge in [0.15, 0.2) is 0 Å². The molecule has 0 bridgehead atoms. The van der Waals surface area contributed by atoms with E-state index in [-0.39, 0.29) is 11.3 Å². The molecule has 98 valence electrons. The number of nitrogen functional groups attached to an aromatic ring is 1. The lowest BCUT2D eigenvalue weighted by Gasteiger charge is -2.16. The molecule has 1 aromatic rings. The van der Waals surface area contributed by atoms with Crippen molar-refractivity contribution in [3.8, 4) is 0 Å². The number of hydrogen-bond acceptors (Lipinski definition) is 3. The number of nitrogens with two attached hydrogens (primary N) is 2. The number of unbranched alkanes of at least 4 members (excludes halogenated alkanes) is 1. The van der Waals surface area contributed by atoms with Crippen molar-refractivity contribution in [1.82, 2.24) is 5.32 Å². The summed E-state index contributed by atoms with van der Waals surface area (Å²) in [6.45, 7) is 1.39. The summed E-state index contributed by atoms with van der Waals surface area (Å²) in [7, 11) is 0. The third-order valence-electron chi connectivity index (χ3n) is 3.56. The van der Waals surface area contributed by atoms with Crippen LogP contribution in [0.15, 0.2) is 24.3 Å². The van der Waals surface area contributed by atoms with E-state index < -0.39 is 0 Å². The van der Waals surface area contributed by atoms with Gasteiger partial charge in [0.1, 0.15) is 0 Å². The SMILES string of the molecule is NCCCCNC(=O)C1(c2ccc(N)cc2)CC1. The van der Waals surface area contributed by atoms with Crippen LogP contribution in [0.5, 0.6) is 0 Å². The smallest absolute Gasteiger partial charge is 0.230 e. The average Bonchev–Trinajstić information content (AvgIpc) is 3.17. The van der Waals surface area contributed by atoms with Gasteiger partial charge in [-0.1, -0.05) is 12.1 Å². The van der Waals surface area contributed by atoms with Crippen molar-refractivity contribution in [3.63, 3.8) is 0 Å². The fourth-order valence-electron chi connectivity index (χ4n) is 2.21. The van der Waals surface area contributed by atoms with Gasteiger partial charge in [-0.05, 0) is 49.9 Å². The van der Waals surface area contributed by atoms with Gasteiger partial charge in [-0.25, -0.2) is 0 Å². The van der Waals surface area contributed by atoms with Crippen LogP contribution in [-0.4, -0.2) is 19.0 Å². The first-order chi connectivity index (χ1) is 8.69. The third kappa shape index (κ3) is 2.64. The Balaban J connectivity index is 1.94. The Morgan fingerprint density at radius 1 is 1.22 bits per heavy atom. The van der Waals surface area contributed by atoms with Crippen LogP contribution in [0.3, 0.4) is 0 Å². The van der Waals surface area contributed by atoms with Crippen molar-refractivity contribution < 1.29 is 4.79 Å². The zero-order chi connectivity index (χ0) is 13.0. The van der Waals surface area contributed by atoms with E-state index >= 15 is 0 Å². The van der Waals surface area contributed by atoms with Gasteiger partial charge in [0.2, 0.25) is 5.91 Å². The van der Waals surface area contributed by atoms with E-state index in [1.165, 1.54) is 0 Å². The molecule has 1 fully saturated rings. The number of carbonyl (C=O) groups is 1. The second-order valence-corrected chi connectivity index (χ2v) is 4.96. The predicted octanol–water partition coefficient (Wildman–Crippen LogP) is 1.16. The van der Waals surface area contributed by atoms with Crippen molar-refractivity contribution in [2.24, 2.45) is 5.73 Å². The van der Waals surface area contributed by atoms with Crippen LogP contribution >= 0.6 is 0 Å². The van der Waals surface area contributed by atoms with E-state index in [1.54, 1.807) is 0 Å². The lowest BCUT2D eigenvalue weighted by molar-refractivity contribution is -0.123. The summed E-state index contributed by atoms with van der Waals surface area (Å²) >= 11 is 0. The zero-order valence-corrected chi connectivity index (χ0v) is 10.6. The van der Waals surface area contributed by atoms with Gasteiger partial charge in [0, 0.05) is 12.2 Å². The Kier molecular flexibility index (Phi) is 3.87. The molecule has 0 radical (unpaired) electrons. The Morgan fingerprint density at radius 3 is 2.44 bits per heavy atom. The van der Waals surface area contributed by atoms with Crippen molar-refractivity contribution in [2.45, 2.75) is 31.1 Å². The summed E-state index contributed by atoms with van der Waals surface area (Å²) in [6.07, 6.45) is 3.76. The first kappa shape index (κ1) is 12.9. The van der Waals surface area contributed by atoms with Crippen molar-refractivity contribution in [1.29, 1.82) is 0 Å². The fraction of sp³-hybridized carbons (Fsp3) is 0.500. The van der Waals surface area contributed by atoms with Gasteiger partial charge in [-0.2, -0.15) is 0 Å². The maximum Gasteiger partial charge on any atom is 0.230 e. The molecule has 0 aromatic heterocycles. The molecule has 1 aliphatic rings. The van der Waals surface area contributed by atoms with Crippen LogP contribution in [-0.2, 0) is 10.2 Å². The number of anilines is 1. The number of nitrogens with one attached hydrogen (secondary N) is 1.